The zero-order valence-electron chi connectivity index (χ0n) is 16.1. The molecule has 0 aromatic heterocycles. The Morgan fingerprint density at radius 2 is 1.72 bits per heavy atom. The van der Waals surface area contributed by atoms with E-state index in [1.54, 1.807) is 19.2 Å². The van der Waals surface area contributed by atoms with Crippen molar-refractivity contribution in [3.8, 4) is 11.5 Å². The molecule has 0 radical (unpaired) electrons. The van der Waals surface area contributed by atoms with E-state index >= 15 is 0 Å². The van der Waals surface area contributed by atoms with Crippen LogP contribution in [0.2, 0.25) is 5.02 Å². The van der Waals surface area contributed by atoms with Crippen LogP contribution in [0, 0.1) is 5.82 Å². The fourth-order valence-electron chi connectivity index (χ4n) is 2.97. The molecule has 0 amide bonds. The van der Waals surface area contributed by atoms with Gasteiger partial charge in [0.25, 0.3) is 0 Å². The monoisotopic (exact) mass is 477 g/mol. The minimum absolute atomic E-state index is 0.180. The van der Waals surface area contributed by atoms with E-state index in [1.165, 1.54) is 6.07 Å². The molecule has 1 N–H and O–H groups in total. The lowest BCUT2D eigenvalue weighted by molar-refractivity contribution is 0.280. The molecule has 0 saturated carbocycles. The summed E-state index contributed by atoms with van der Waals surface area (Å²) in [7, 11) is 1.61. The molecule has 0 atom stereocenters. The van der Waals surface area contributed by atoms with Crippen LogP contribution in [0.3, 0.4) is 0 Å². The summed E-state index contributed by atoms with van der Waals surface area (Å²) in [6, 6.07) is 18.2. The van der Waals surface area contributed by atoms with Gasteiger partial charge >= 0.3 is 0 Å². The van der Waals surface area contributed by atoms with E-state index in [0.717, 1.165) is 15.6 Å². The molecule has 3 nitrogen and oxygen atoms in total. The van der Waals surface area contributed by atoms with E-state index in [9.17, 15) is 4.39 Å². The number of hydrogen-bond donors (Lipinski definition) is 1. The number of benzene rings is 3. The van der Waals surface area contributed by atoms with Gasteiger partial charge in [0.05, 0.1) is 7.11 Å². The van der Waals surface area contributed by atoms with Gasteiger partial charge in [-0.05, 0) is 42.8 Å². The Balaban J connectivity index is 1.70. The normalized spacial score (nSPS) is 10.8. The summed E-state index contributed by atoms with van der Waals surface area (Å²) in [6.45, 7) is 1.51. The van der Waals surface area contributed by atoms with Gasteiger partial charge in [-0.1, -0.05) is 63.9 Å². The molecule has 0 aliphatic heterocycles. The summed E-state index contributed by atoms with van der Waals surface area (Å²) in [5.41, 5.74) is 2.53. The van der Waals surface area contributed by atoms with E-state index in [-0.39, 0.29) is 5.82 Å². The third-order valence-electron chi connectivity index (χ3n) is 4.55. The molecular weight excluding hydrogens is 457 g/mol. The maximum atomic E-state index is 13.8. The second-order valence-corrected chi connectivity index (χ2v) is 7.72. The van der Waals surface area contributed by atoms with Crippen LogP contribution in [-0.2, 0) is 19.6 Å². The molecule has 3 rings (SSSR count). The van der Waals surface area contributed by atoms with Crippen LogP contribution >= 0.6 is 27.5 Å². The van der Waals surface area contributed by atoms with Crippen LogP contribution in [0.1, 0.15) is 16.7 Å². The number of rotatable bonds is 9. The lowest BCUT2D eigenvalue weighted by Crippen LogP contribution is -2.18. The van der Waals surface area contributed by atoms with Crippen molar-refractivity contribution >= 4 is 27.5 Å². The zero-order chi connectivity index (χ0) is 20.6. The van der Waals surface area contributed by atoms with Gasteiger partial charge in [0.15, 0.2) is 11.5 Å². The standard InChI is InChI=1S/C23H22BrClFNO2/c1-28-22-11-10-19(24)18(14-27-13-12-16-6-3-5-9-21(16)26)23(22)29-15-17-7-2-4-8-20(17)25/h2-11,27H,12-15H2,1H3. The highest BCUT2D eigenvalue weighted by Crippen LogP contribution is 2.37. The van der Waals surface area contributed by atoms with E-state index in [4.69, 9.17) is 21.1 Å². The molecule has 29 heavy (non-hydrogen) atoms. The first kappa shape index (κ1) is 21.6. The van der Waals surface area contributed by atoms with E-state index in [2.05, 4.69) is 21.2 Å². The van der Waals surface area contributed by atoms with Crippen molar-refractivity contribution < 1.29 is 13.9 Å². The lowest BCUT2D eigenvalue weighted by atomic mass is 10.1. The third-order valence-corrected chi connectivity index (χ3v) is 5.66. The zero-order valence-corrected chi connectivity index (χ0v) is 18.4. The highest BCUT2D eigenvalue weighted by atomic mass is 79.9. The first-order valence-corrected chi connectivity index (χ1v) is 10.4. The minimum Gasteiger partial charge on any atom is -0.493 e. The highest BCUT2D eigenvalue weighted by Gasteiger charge is 2.15. The summed E-state index contributed by atoms with van der Waals surface area (Å²) in [4.78, 5) is 0. The van der Waals surface area contributed by atoms with Gasteiger partial charge in [-0.25, -0.2) is 4.39 Å². The largest absolute Gasteiger partial charge is 0.493 e. The molecule has 0 unspecified atom stereocenters. The molecule has 3 aromatic rings. The number of hydrogen-bond acceptors (Lipinski definition) is 3. The van der Waals surface area contributed by atoms with Gasteiger partial charge in [-0.15, -0.1) is 0 Å². The smallest absolute Gasteiger partial charge is 0.167 e. The Hall–Kier alpha value is -2.08. The molecule has 3 aromatic carbocycles. The molecule has 0 heterocycles. The number of halogens is 3. The van der Waals surface area contributed by atoms with Crippen molar-refractivity contribution in [3.05, 3.63) is 92.7 Å². The topological polar surface area (TPSA) is 30.5 Å². The number of ether oxygens (including phenoxy) is 2. The van der Waals surface area contributed by atoms with Gasteiger partial charge in [0, 0.05) is 27.2 Å². The molecule has 0 spiro atoms. The Labute approximate surface area is 183 Å². The molecule has 0 aliphatic carbocycles. The van der Waals surface area contributed by atoms with E-state index < -0.39 is 0 Å². The summed E-state index contributed by atoms with van der Waals surface area (Å²) in [5, 5.41) is 4.02. The lowest BCUT2D eigenvalue weighted by Gasteiger charge is -2.17. The van der Waals surface area contributed by atoms with Crippen molar-refractivity contribution in [1.82, 2.24) is 5.32 Å². The van der Waals surface area contributed by atoms with E-state index in [0.29, 0.717) is 48.2 Å². The molecule has 152 valence electrons. The summed E-state index contributed by atoms with van der Waals surface area (Å²) in [5.74, 6) is 1.12. The summed E-state index contributed by atoms with van der Waals surface area (Å²) < 4.78 is 26.3. The SMILES string of the molecule is COc1ccc(Br)c(CNCCc2ccccc2F)c1OCc1ccccc1Cl. The fraction of sp³-hybridized carbons (Fsp3) is 0.217. The minimum atomic E-state index is -0.180. The van der Waals surface area contributed by atoms with Crippen molar-refractivity contribution in [3.63, 3.8) is 0 Å². The first-order chi connectivity index (χ1) is 14.1. The van der Waals surface area contributed by atoms with Crippen molar-refractivity contribution in [2.45, 2.75) is 19.6 Å². The second kappa shape index (κ2) is 10.6. The summed E-state index contributed by atoms with van der Waals surface area (Å²) in [6.07, 6.45) is 0.601. The molecular formula is C23H22BrClFNO2. The van der Waals surface area contributed by atoms with Gasteiger partial charge < -0.3 is 14.8 Å². The van der Waals surface area contributed by atoms with Crippen molar-refractivity contribution in [1.29, 1.82) is 0 Å². The molecule has 0 aliphatic rings. The van der Waals surface area contributed by atoms with Crippen LogP contribution in [0.25, 0.3) is 0 Å². The van der Waals surface area contributed by atoms with Gasteiger partial charge in [0.1, 0.15) is 12.4 Å². The van der Waals surface area contributed by atoms with Crippen molar-refractivity contribution in [2.75, 3.05) is 13.7 Å². The Bertz CT molecular complexity index is 967. The van der Waals surface area contributed by atoms with E-state index in [1.807, 2.05) is 42.5 Å². The summed E-state index contributed by atoms with van der Waals surface area (Å²) >= 11 is 9.84. The van der Waals surface area contributed by atoms with Crippen molar-refractivity contribution in [2.24, 2.45) is 0 Å². The number of nitrogens with one attached hydrogen (secondary N) is 1. The Morgan fingerprint density at radius 1 is 1.00 bits per heavy atom. The van der Waals surface area contributed by atoms with Crippen LogP contribution < -0.4 is 14.8 Å². The highest BCUT2D eigenvalue weighted by molar-refractivity contribution is 9.10. The fourth-order valence-corrected chi connectivity index (χ4v) is 3.61. The van der Waals surface area contributed by atoms with Crippen LogP contribution in [0.5, 0.6) is 11.5 Å². The molecule has 0 fully saturated rings. The Morgan fingerprint density at radius 3 is 2.45 bits per heavy atom. The molecule has 0 bridgehead atoms. The molecule has 0 saturated heterocycles. The van der Waals surface area contributed by atoms with Crippen LogP contribution in [0.15, 0.2) is 65.1 Å². The predicted octanol–water partition coefficient (Wildman–Crippen LogP) is 6.16. The molecule has 6 heteroatoms. The van der Waals surface area contributed by atoms with Crippen LogP contribution in [0.4, 0.5) is 4.39 Å². The van der Waals surface area contributed by atoms with Gasteiger partial charge in [-0.3, -0.25) is 0 Å². The average Bonchev–Trinajstić information content (AvgIpc) is 2.73. The maximum absolute atomic E-state index is 13.8. The Kier molecular flexibility index (Phi) is 7.92. The quantitative estimate of drug-likeness (QED) is 0.374. The predicted molar refractivity (Wildman–Crippen MR) is 118 cm³/mol. The van der Waals surface area contributed by atoms with Gasteiger partial charge in [-0.2, -0.15) is 0 Å². The third kappa shape index (κ3) is 5.72. The second-order valence-electron chi connectivity index (χ2n) is 6.46. The first-order valence-electron chi connectivity index (χ1n) is 9.26. The van der Waals surface area contributed by atoms with Crippen LogP contribution in [-0.4, -0.2) is 13.7 Å². The average molecular weight is 479 g/mol. The maximum Gasteiger partial charge on any atom is 0.167 e. The van der Waals surface area contributed by atoms with Gasteiger partial charge in [0.2, 0.25) is 0 Å². The number of methoxy groups -OCH3 is 1.